The second kappa shape index (κ2) is 26.5. The average molecular weight is 421 g/mol. The molecule has 0 aromatic rings. The molecule has 1 atom stereocenters. The van der Waals surface area contributed by atoms with Crippen molar-refractivity contribution < 1.29 is 0 Å². The van der Waals surface area contributed by atoms with E-state index in [9.17, 15) is 0 Å². The van der Waals surface area contributed by atoms with E-state index in [1.807, 2.05) is 6.08 Å². The van der Waals surface area contributed by atoms with Crippen molar-refractivity contribution in [3.05, 3.63) is 24.8 Å². The molecule has 1 aliphatic carbocycles. The smallest absolute Gasteiger partial charge is 0.0234 e. The van der Waals surface area contributed by atoms with Crippen LogP contribution in [0.25, 0.3) is 0 Å². The molecule has 0 aliphatic heterocycles. The molecule has 1 saturated carbocycles. The molecule has 180 valence electrons. The zero-order valence-electron chi connectivity index (χ0n) is 22.2. The molecule has 0 aromatic carbocycles. The molecule has 0 radical (unpaired) electrons. The average Bonchev–Trinajstić information content (AvgIpc) is 2.79. The SMILES string of the molecule is C=CCC.CC/C=C/C(CCC)CCCC1CCC(CCCCC)CC1.CCCC. The molecular formula is C30H60. The van der Waals surface area contributed by atoms with Gasteiger partial charge in [-0.1, -0.05) is 143 Å². The quantitative estimate of drug-likeness (QED) is 0.193. The van der Waals surface area contributed by atoms with Crippen LogP contribution >= 0.6 is 0 Å². The molecule has 0 nitrogen and oxygen atoms in total. The highest BCUT2D eigenvalue weighted by atomic mass is 14.3. The van der Waals surface area contributed by atoms with Gasteiger partial charge in [0.05, 0.1) is 0 Å². The van der Waals surface area contributed by atoms with E-state index >= 15 is 0 Å². The largest absolute Gasteiger partial charge is 0.103 e. The zero-order chi connectivity index (χ0) is 22.9. The minimum Gasteiger partial charge on any atom is -0.103 e. The van der Waals surface area contributed by atoms with Crippen LogP contribution in [0.15, 0.2) is 24.8 Å². The van der Waals surface area contributed by atoms with Crippen molar-refractivity contribution >= 4 is 0 Å². The predicted molar refractivity (Wildman–Crippen MR) is 142 cm³/mol. The molecule has 30 heavy (non-hydrogen) atoms. The topological polar surface area (TPSA) is 0 Å². The molecule has 0 aromatic heterocycles. The summed E-state index contributed by atoms with van der Waals surface area (Å²) in [4.78, 5) is 0. The molecule has 0 bridgehead atoms. The minimum atomic E-state index is 0.857. The third-order valence-electron chi connectivity index (χ3n) is 6.46. The fraction of sp³-hybridized carbons (Fsp3) is 0.867. The fourth-order valence-electron chi connectivity index (χ4n) is 4.20. The van der Waals surface area contributed by atoms with Gasteiger partial charge in [-0.2, -0.15) is 0 Å². The Labute approximate surface area is 193 Å². The Morgan fingerprint density at radius 1 is 0.667 bits per heavy atom. The van der Waals surface area contributed by atoms with Crippen LogP contribution in [0.1, 0.15) is 151 Å². The highest BCUT2D eigenvalue weighted by Gasteiger charge is 2.20. The second-order valence-electron chi connectivity index (χ2n) is 9.40. The first-order valence-electron chi connectivity index (χ1n) is 13.9. The van der Waals surface area contributed by atoms with Crippen LogP contribution in [-0.2, 0) is 0 Å². The van der Waals surface area contributed by atoms with Crippen LogP contribution in [0.5, 0.6) is 0 Å². The second-order valence-corrected chi connectivity index (χ2v) is 9.40. The van der Waals surface area contributed by atoms with Crippen molar-refractivity contribution in [1.29, 1.82) is 0 Å². The Balaban J connectivity index is 0. The van der Waals surface area contributed by atoms with E-state index in [1.165, 1.54) is 103 Å². The van der Waals surface area contributed by atoms with Gasteiger partial charge < -0.3 is 0 Å². The van der Waals surface area contributed by atoms with Crippen LogP contribution in [-0.4, -0.2) is 0 Å². The summed E-state index contributed by atoms with van der Waals surface area (Å²) in [6, 6.07) is 0. The summed E-state index contributed by atoms with van der Waals surface area (Å²) in [5.41, 5.74) is 0. The maximum absolute atomic E-state index is 3.48. The van der Waals surface area contributed by atoms with Crippen molar-refractivity contribution in [2.24, 2.45) is 17.8 Å². The third kappa shape index (κ3) is 22.2. The van der Waals surface area contributed by atoms with Gasteiger partial charge in [0.25, 0.3) is 0 Å². The molecule has 0 saturated heterocycles. The Morgan fingerprint density at radius 3 is 1.60 bits per heavy atom. The van der Waals surface area contributed by atoms with Gasteiger partial charge in [0.2, 0.25) is 0 Å². The maximum Gasteiger partial charge on any atom is -0.0234 e. The number of rotatable bonds is 14. The van der Waals surface area contributed by atoms with E-state index in [0.29, 0.717) is 0 Å². The van der Waals surface area contributed by atoms with Crippen LogP contribution < -0.4 is 0 Å². The van der Waals surface area contributed by atoms with Gasteiger partial charge >= 0.3 is 0 Å². The van der Waals surface area contributed by atoms with E-state index in [1.54, 1.807) is 0 Å². The minimum absolute atomic E-state index is 0.857. The molecular weight excluding hydrogens is 360 g/mol. The summed E-state index contributed by atoms with van der Waals surface area (Å²) in [5, 5.41) is 0. The van der Waals surface area contributed by atoms with Crippen LogP contribution in [0.3, 0.4) is 0 Å². The summed E-state index contributed by atoms with van der Waals surface area (Å²) in [5.74, 6) is 2.98. The molecule has 1 rings (SSSR count). The third-order valence-corrected chi connectivity index (χ3v) is 6.46. The van der Waals surface area contributed by atoms with Crippen molar-refractivity contribution in [2.45, 2.75) is 151 Å². The highest BCUT2D eigenvalue weighted by Crippen LogP contribution is 2.35. The molecule has 0 heterocycles. The van der Waals surface area contributed by atoms with Crippen LogP contribution in [0, 0.1) is 17.8 Å². The van der Waals surface area contributed by atoms with Crippen molar-refractivity contribution in [3.8, 4) is 0 Å². The lowest BCUT2D eigenvalue weighted by molar-refractivity contribution is 0.242. The number of unbranched alkanes of at least 4 members (excludes halogenated alkanes) is 3. The molecule has 1 fully saturated rings. The van der Waals surface area contributed by atoms with Gasteiger partial charge in [0, 0.05) is 0 Å². The van der Waals surface area contributed by atoms with E-state index in [2.05, 4.69) is 60.3 Å². The highest BCUT2D eigenvalue weighted by molar-refractivity contribution is 4.87. The normalized spacial score (nSPS) is 19.4. The lowest BCUT2D eigenvalue weighted by Crippen LogP contribution is -2.14. The lowest BCUT2D eigenvalue weighted by atomic mass is 9.77. The predicted octanol–water partition coefficient (Wildman–Crippen LogP) is 11.3. The van der Waals surface area contributed by atoms with Gasteiger partial charge in [0.1, 0.15) is 0 Å². The van der Waals surface area contributed by atoms with Crippen molar-refractivity contribution in [2.75, 3.05) is 0 Å². The lowest BCUT2D eigenvalue weighted by Gasteiger charge is -2.28. The first-order chi connectivity index (χ1) is 14.6. The summed E-state index contributed by atoms with van der Waals surface area (Å²) in [7, 11) is 0. The maximum atomic E-state index is 3.48. The standard InChI is InChI=1S/C22H42.C4H10.C4H8/c1-4-7-9-13-21-16-18-22(19-17-21)15-10-14-20(11-6-3)12-8-5-2;2*1-3-4-2/h8,12,20-22H,4-7,9-11,13-19H2,1-3H3;3-4H2,1-2H3;3H,1,4H2,2H3/b12-8+;;. The number of hydrogen-bond donors (Lipinski definition) is 0. The molecule has 0 heteroatoms. The summed E-state index contributed by atoms with van der Waals surface area (Å²) in [6.45, 7) is 16.8. The van der Waals surface area contributed by atoms with Crippen molar-refractivity contribution in [3.63, 3.8) is 0 Å². The van der Waals surface area contributed by atoms with E-state index in [0.717, 1.165) is 24.2 Å². The first kappa shape index (κ1) is 31.7. The molecule has 0 spiro atoms. The van der Waals surface area contributed by atoms with Gasteiger partial charge in [-0.25, -0.2) is 0 Å². The number of allylic oxidation sites excluding steroid dienone is 3. The Kier molecular flexibility index (Phi) is 28.0. The Hall–Kier alpha value is -0.520. The first-order valence-corrected chi connectivity index (χ1v) is 13.9. The van der Waals surface area contributed by atoms with E-state index in [-0.39, 0.29) is 0 Å². The van der Waals surface area contributed by atoms with Gasteiger partial charge in [-0.15, -0.1) is 6.58 Å². The molecule has 1 aliphatic rings. The monoisotopic (exact) mass is 420 g/mol. The summed E-state index contributed by atoms with van der Waals surface area (Å²) < 4.78 is 0. The van der Waals surface area contributed by atoms with E-state index < -0.39 is 0 Å². The Morgan fingerprint density at radius 2 is 1.20 bits per heavy atom. The fourth-order valence-corrected chi connectivity index (χ4v) is 4.20. The van der Waals surface area contributed by atoms with Crippen molar-refractivity contribution in [1.82, 2.24) is 0 Å². The van der Waals surface area contributed by atoms with Gasteiger partial charge in [-0.05, 0) is 43.4 Å². The van der Waals surface area contributed by atoms with Crippen LogP contribution in [0.4, 0.5) is 0 Å². The molecule has 0 N–H and O–H groups in total. The number of hydrogen-bond acceptors (Lipinski definition) is 0. The zero-order valence-corrected chi connectivity index (χ0v) is 22.2. The Bertz CT molecular complexity index is 330. The summed E-state index contributed by atoms with van der Waals surface area (Å²) in [6.07, 6.45) is 30.7. The van der Waals surface area contributed by atoms with E-state index in [4.69, 9.17) is 0 Å². The molecule has 0 amide bonds. The summed E-state index contributed by atoms with van der Waals surface area (Å²) >= 11 is 0. The molecule has 1 unspecified atom stereocenters. The van der Waals surface area contributed by atoms with Gasteiger partial charge in [0.15, 0.2) is 0 Å². The van der Waals surface area contributed by atoms with Gasteiger partial charge in [-0.3, -0.25) is 0 Å². The van der Waals surface area contributed by atoms with Crippen LogP contribution in [0.2, 0.25) is 0 Å².